The molecule has 6 heteroatoms. The van der Waals surface area contributed by atoms with E-state index in [-0.39, 0.29) is 18.4 Å². The van der Waals surface area contributed by atoms with Crippen LogP contribution in [0.2, 0.25) is 0 Å². The van der Waals surface area contributed by atoms with E-state index in [2.05, 4.69) is 10.6 Å². The average Bonchev–Trinajstić information content (AvgIpc) is 2.49. The van der Waals surface area contributed by atoms with E-state index >= 15 is 0 Å². The number of carboxylic acids is 1. The number of carbonyl (C=O) groups is 3. The fourth-order valence-corrected chi connectivity index (χ4v) is 2.59. The second-order valence-corrected chi connectivity index (χ2v) is 5.65. The first-order chi connectivity index (χ1) is 10.0. The zero-order chi connectivity index (χ0) is 15.7. The molecule has 21 heavy (non-hydrogen) atoms. The Bertz CT molecular complexity index is 365. The first-order valence-corrected chi connectivity index (χ1v) is 7.84. The van der Waals surface area contributed by atoms with Crippen LogP contribution in [0.3, 0.4) is 0 Å². The van der Waals surface area contributed by atoms with Gasteiger partial charge in [0.05, 0.1) is 6.54 Å². The van der Waals surface area contributed by atoms with Crippen LogP contribution in [0.1, 0.15) is 58.3 Å². The van der Waals surface area contributed by atoms with Crippen molar-refractivity contribution in [3.05, 3.63) is 0 Å². The van der Waals surface area contributed by atoms with Crippen molar-refractivity contribution in [3.63, 3.8) is 0 Å². The number of amides is 2. The van der Waals surface area contributed by atoms with Gasteiger partial charge in [-0.1, -0.05) is 39.0 Å². The molecule has 1 unspecified atom stereocenters. The maximum absolute atomic E-state index is 11.9. The Labute approximate surface area is 125 Å². The second kappa shape index (κ2) is 9.37. The smallest absolute Gasteiger partial charge is 0.326 e. The van der Waals surface area contributed by atoms with Crippen molar-refractivity contribution in [2.75, 3.05) is 6.54 Å². The highest BCUT2D eigenvalue weighted by Gasteiger charge is 2.23. The van der Waals surface area contributed by atoms with Crippen LogP contribution in [0.25, 0.3) is 0 Å². The predicted octanol–water partition coefficient (Wildman–Crippen LogP) is 1.44. The van der Waals surface area contributed by atoms with Gasteiger partial charge in [0, 0.05) is 5.92 Å². The Morgan fingerprint density at radius 3 is 2.43 bits per heavy atom. The van der Waals surface area contributed by atoms with E-state index in [1.165, 1.54) is 6.42 Å². The minimum atomic E-state index is -1.03. The summed E-state index contributed by atoms with van der Waals surface area (Å²) in [6.07, 6.45) is 7.06. The van der Waals surface area contributed by atoms with Gasteiger partial charge in [0.15, 0.2) is 0 Å². The van der Waals surface area contributed by atoms with Gasteiger partial charge in [-0.3, -0.25) is 9.59 Å². The Morgan fingerprint density at radius 1 is 1.19 bits per heavy atom. The Balaban J connectivity index is 2.31. The lowest BCUT2D eigenvalue weighted by atomic mass is 9.89. The number of nitrogens with one attached hydrogen (secondary N) is 2. The molecule has 6 nitrogen and oxygen atoms in total. The van der Waals surface area contributed by atoms with Gasteiger partial charge in [0.2, 0.25) is 11.8 Å². The maximum atomic E-state index is 11.9. The van der Waals surface area contributed by atoms with Crippen LogP contribution < -0.4 is 10.6 Å². The molecule has 1 saturated carbocycles. The molecule has 1 rings (SSSR count). The fraction of sp³-hybridized carbons (Fsp3) is 0.800. The minimum absolute atomic E-state index is 0.00177. The van der Waals surface area contributed by atoms with Crippen molar-refractivity contribution in [2.45, 2.75) is 64.3 Å². The zero-order valence-corrected chi connectivity index (χ0v) is 12.7. The van der Waals surface area contributed by atoms with E-state index in [9.17, 15) is 14.4 Å². The Kier molecular flexibility index (Phi) is 7.79. The highest BCUT2D eigenvalue weighted by Crippen LogP contribution is 2.23. The molecule has 0 radical (unpaired) electrons. The van der Waals surface area contributed by atoms with E-state index in [0.717, 1.165) is 38.5 Å². The van der Waals surface area contributed by atoms with Gasteiger partial charge < -0.3 is 15.7 Å². The summed E-state index contributed by atoms with van der Waals surface area (Å²) in [7, 11) is 0. The molecule has 2 amide bonds. The minimum Gasteiger partial charge on any atom is -0.480 e. The third-order valence-electron chi connectivity index (χ3n) is 3.88. The summed E-state index contributed by atoms with van der Waals surface area (Å²) in [5, 5.41) is 14.1. The summed E-state index contributed by atoms with van der Waals surface area (Å²) in [5.41, 5.74) is 0. The molecule has 1 atom stereocenters. The summed E-state index contributed by atoms with van der Waals surface area (Å²) < 4.78 is 0. The third kappa shape index (κ3) is 6.60. The number of hydrogen-bond acceptors (Lipinski definition) is 3. The third-order valence-corrected chi connectivity index (χ3v) is 3.88. The molecule has 0 aliphatic heterocycles. The highest BCUT2D eigenvalue weighted by atomic mass is 16.4. The van der Waals surface area contributed by atoms with Gasteiger partial charge in [-0.25, -0.2) is 4.79 Å². The van der Waals surface area contributed by atoms with Crippen molar-refractivity contribution in [3.8, 4) is 0 Å². The molecule has 0 saturated heterocycles. The van der Waals surface area contributed by atoms with Crippen LogP contribution in [-0.2, 0) is 14.4 Å². The van der Waals surface area contributed by atoms with Crippen LogP contribution in [0.5, 0.6) is 0 Å². The molecule has 1 fully saturated rings. The van der Waals surface area contributed by atoms with Gasteiger partial charge >= 0.3 is 5.97 Å². The monoisotopic (exact) mass is 298 g/mol. The zero-order valence-electron chi connectivity index (χ0n) is 12.7. The lowest BCUT2D eigenvalue weighted by Gasteiger charge is -2.21. The van der Waals surface area contributed by atoms with Crippen LogP contribution in [-0.4, -0.2) is 35.5 Å². The van der Waals surface area contributed by atoms with Gasteiger partial charge in [-0.15, -0.1) is 0 Å². The topological polar surface area (TPSA) is 95.5 Å². The standard InChI is InChI=1S/C15H26N2O4/c1-2-3-9-12(15(20)21)17-13(18)10-16-14(19)11-7-5-4-6-8-11/h11-12H,2-10H2,1H3,(H,16,19)(H,17,18)(H,20,21). The molecule has 0 spiro atoms. The number of carbonyl (C=O) groups excluding carboxylic acids is 2. The van der Waals surface area contributed by atoms with Gasteiger partial charge in [0.25, 0.3) is 0 Å². The first-order valence-electron chi connectivity index (χ1n) is 7.84. The number of rotatable bonds is 8. The largest absolute Gasteiger partial charge is 0.480 e. The van der Waals surface area contributed by atoms with Crippen molar-refractivity contribution in [1.29, 1.82) is 0 Å². The van der Waals surface area contributed by atoms with Crippen molar-refractivity contribution in [2.24, 2.45) is 5.92 Å². The molecule has 0 aromatic heterocycles. The number of unbranched alkanes of at least 4 members (excludes halogenated alkanes) is 1. The Morgan fingerprint density at radius 2 is 1.86 bits per heavy atom. The van der Waals surface area contributed by atoms with Crippen LogP contribution in [0, 0.1) is 5.92 Å². The molecule has 1 aliphatic carbocycles. The van der Waals surface area contributed by atoms with Crippen molar-refractivity contribution < 1.29 is 19.5 Å². The molecular formula is C15H26N2O4. The lowest BCUT2D eigenvalue weighted by molar-refractivity contribution is -0.142. The number of aliphatic carboxylic acids is 1. The molecular weight excluding hydrogens is 272 g/mol. The molecule has 0 bridgehead atoms. The van der Waals surface area contributed by atoms with Gasteiger partial charge in [-0.2, -0.15) is 0 Å². The summed E-state index contributed by atoms with van der Waals surface area (Å²) in [4.78, 5) is 34.6. The van der Waals surface area contributed by atoms with Gasteiger partial charge in [-0.05, 0) is 19.3 Å². The number of hydrogen-bond donors (Lipinski definition) is 3. The van der Waals surface area contributed by atoms with Crippen LogP contribution >= 0.6 is 0 Å². The average molecular weight is 298 g/mol. The van der Waals surface area contributed by atoms with E-state index in [1.807, 2.05) is 6.92 Å². The number of carboxylic acid groups (broad SMARTS) is 1. The summed E-state index contributed by atoms with van der Waals surface area (Å²) >= 11 is 0. The maximum Gasteiger partial charge on any atom is 0.326 e. The quantitative estimate of drug-likeness (QED) is 0.632. The molecule has 0 aromatic rings. The summed E-state index contributed by atoms with van der Waals surface area (Å²) in [6, 6.07) is -0.871. The predicted molar refractivity (Wildman–Crippen MR) is 78.7 cm³/mol. The SMILES string of the molecule is CCCCC(NC(=O)CNC(=O)C1CCCCC1)C(=O)O. The van der Waals surface area contributed by atoms with Crippen LogP contribution in [0.15, 0.2) is 0 Å². The normalized spacial score (nSPS) is 17.0. The second-order valence-electron chi connectivity index (χ2n) is 5.65. The summed E-state index contributed by atoms with van der Waals surface area (Å²) in [6.45, 7) is 1.82. The summed E-state index contributed by atoms with van der Waals surface area (Å²) in [5.74, 6) is -1.56. The van der Waals surface area contributed by atoms with Crippen LogP contribution in [0.4, 0.5) is 0 Å². The molecule has 0 heterocycles. The lowest BCUT2D eigenvalue weighted by Crippen LogP contribution is -2.46. The van der Waals surface area contributed by atoms with Crippen molar-refractivity contribution >= 4 is 17.8 Å². The fourth-order valence-electron chi connectivity index (χ4n) is 2.59. The molecule has 0 aromatic carbocycles. The highest BCUT2D eigenvalue weighted by molar-refractivity contribution is 5.88. The first kappa shape index (κ1) is 17.5. The molecule has 120 valence electrons. The van der Waals surface area contributed by atoms with E-state index in [0.29, 0.717) is 6.42 Å². The molecule has 1 aliphatic rings. The van der Waals surface area contributed by atoms with E-state index in [1.54, 1.807) is 0 Å². The van der Waals surface area contributed by atoms with E-state index in [4.69, 9.17) is 5.11 Å². The van der Waals surface area contributed by atoms with Gasteiger partial charge in [0.1, 0.15) is 6.04 Å². The Hall–Kier alpha value is -1.59. The van der Waals surface area contributed by atoms with E-state index < -0.39 is 17.9 Å². The molecule has 3 N–H and O–H groups in total. The van der Waals surface area contributed by atoms with Crippen molar-refractivity contribution in [1.82, 2.24) is 10.6 Å².